The number of nitriles is 1. The van der Waals surface area contributed by atoms with E-state index in [2.05, 4.69) is 4.98 Å². The number of ether oxygens (including phenoxy) is 2. The topological polar surface area (TPSA) is 55.1 Å². The first-order valence-electron chi connectivity index (χ1n) is 4.77. The number of aromatic nitrogens is 1. The van der Waals surface area contributed by atoms with Crippen LogP contribution in [-0.2, 0) is 0 Å². The molecule has 80 valence electrons. The van der Waals surface area contributed by atoms with Crippen molar-refractivity contribution in [3.8, 4) is 17.6 Å². The molecule has 0 spiro atoms. The third-order valence-electron chi connectivity index (χ3n) is 2.20. The van der Waals surface area contributed by atoms with Crippen molar-refractivity contribution in [1.29, 1.82) is 5.26 Å². The molecule has 4 heteroatoms. The molecule has 0 atom stereocenters. The van der Waals surface area contributed by atoms with Crippen molar-refractivity contribution in [3.63, 3.8) is 0 Å². The summed E-state index contributed by atoms with van der Waals surface area (Å²) in [5.74, 6) is 1.38. The first kappa shape index (κ1) is 10.2. The molecular formula is C12H10N2O2. The summed E-state index contributed by atoms with van der Waals surface area (Å²) < 4.78 is 10.4. The first-order chi connectivity index (χ1) is 7.85. The maximum absolute atomic E-state index is 8.49. The maximum atomic E-state index is 8.49. The Morgan fingerprint density at radius 2 is 2.25 bits per heavy atom. The maximum Gasteiger partial charge on any atom is 0.174 e. The summed E-state index contributed by atoms with van der Waals surface area (Å²) in [5.41, 5.74) is 0.816. The molecule has 4 nitrogen and oxygen atoms in total. The molecule has 0 bridgehead atoms. The number of hydrogen-bond donors (Lipinski definition) is 0. The predicted molar refractivity (Wildman–Crippen MR) is 59.4 cm³/mol. The molecule has 0 amide bonds. The van der Waals surface area contributed by atoms with Crippen molar-refractivity contribution >= 4 is 10.9 Å². The van der Waals surface area contributed by atoms with Crippen LogP contribution in [-0.4, -0.2) is 18.7 Å². The molecule has 0 radical (unpaired) electrons. The zero-order valence-corrected chi connectivity index (χ0v) is 8.80. The van der Waals surface area contributed by atoms with E-state index in [1.54, 1.807) is 19.4 Å². The molecule has 0 aliphatic heterocycles. The van der Waals surface area contributed by atoms with E-state index in [1.165, 1.54) is 0 Å². The predicted octanol–water partition coefficient (Wildman–Crippen LogP) is 2.15. The molecule has 1 heterocycles. The van der Waals surface area contributed by atoms with Crippen LogP contribution < -0.4 is 9.47 Å². The smallest absolute Gasteiger partial charge is 0.174 e. The van der Waals surface area contributed by atoms with Crippen LogP contribution in [0.1, 0.15) is 0 Å². The number of hydrogen-bond acceptors (Lipinski definition) is 4. The third-order valence-corrected chi connectivity index (χ3v) is 2.20. The lowest BCUT2D eigenvalue weighted by molar-refractivity contribution is 0.372. The normalized spacial score (nSPS) is 9.75. The molecule has 0 saturated heterocycles. The van der Waals surface area contributed by atoms with Crippen LogP contribution in [0, 0.1) is 11.3 Å². The van der Waals surface area contributed by atoms with Crippen molar-refractivity contribution in [2.75, 3.05) is 13.7 Å². The van der Waals surface area contributed by atoms with Gasteiger partial charge in [-0.3, -0.25) is 4.98 Å². The Morgan fingerprint density at radius 3 is 3.00 bits per heavy atom. The van der Waals surface area contributed by atoms with Gasteiger partial charge in [-0.05, 0) is 24.3 Å². The second-order valence-corrected chi connectivity index (χ2v) is 3.14. The van der Waals surface area contributed by atoms with Gasteiger partial charge in [0.25, 0.3) is 0 Å². The summed E-state index contributed by atoms with van der Waals surface area (Å²) in [5, 5.41) is 9.33. The lowest BCUT2D eigenvalue weighted by Crippen LogP contribution is -1.95. The van der Waals surface area contributed by atoms with Crippen molar-refractivity contribution in [1.82, 2.24) is 4.98 Å². The van der Waals surface area contributed by atoms with Gasteiger partial charge in [-0.15, -0.1) is 0 Å². The summed E-state index contributed by atoms with van der Waals surface area (Å²) in [4.78, 5) is 4.21. The molecule has 0 aliphatic carbocycles. The number of fused-ring (bicyclic) bond motifs is 1. The molecule has 2 rings (SSSR count). The monoisotopic (exact) mass is 214 g/mol. The van der Waals surface area contributed by atoms with E-state index in [-0.39, 0.29) is 6.61 Å². The highest BCUT2D eigenvalue weighted by Gasteiger charge is 2.04. The minimum absolute atomic E-state index is 0.0241. The van der Waals surface area contributed by atoms with Gasteiger partial charge in [0.1, 0.15) is 17.6 Å². The molecule has 0 aliphatic rings. The fourth-order valence-corrected chi connectivity index (χ4v) is 1.46. The van der Waals surface area contributed by atoms with Gasteiger partial charge in [0.05, 0.1) is 12.6 Å². The van der Waals surface area contributed by atoms with E-state index in [4.69, 9.17) is 14.7 Å². The molecule has 0 saturated carbocycles. The highest BCUT2D eigenvalue weighted by Crippen LogP contribution is 2.27. The Morgan fingerprint density at radius 1 is 1.38 bits per heavy atom. The third kappa shape index (κ3) is 1.89. The van der Waals surface area contributed by atoms with Gasteiger partial charge >= 0.3 is 0 Å². The zero-order valence-electron chi connectivity index (χ0n) is 8.80. The lowest BCUT2D eigenvalue weighted by Gasteiger charge is -2.07. The van der Waals surface area contributed by atoms with Crippen LogP contribution in [0.5, 0.6) is 11.5 Å². The highest BCUT2D eigenvalue weighted by atomic mass is 16.5. The number of pyridine rings is 1. The van der Waals surface area contributed by atoms with E-state index in [1.807, 2.05) is 24.3 Å². The summed E-state index contributed by atoms with van der Waals surface area (Å²) in [6.45, 7) is 0.0241. The zero-order chi connectivity index (χ0) is 11.4. The highest BCUT2D eigenvalue weighted by molar-refractivity contribution is 5.86. The van der Waals surface area contributed by atoms with Gasteiger partial charge in [0.2, 0.25) is 0 Å². The lowest BCUT2D eigenvalue weighted by atomic mass is 10.2. The van der Waals surface area contributed by atoms with Crippen molar-refractivity contribution in [2.24, 2.45) is 0 Å². The Kier molecular flexibility index (Phi) is 2.88. The molecule has 0 unspecified atom stereocenters. The van der Waals surface area contributed by atoms with Gasteiger partial charge in [0, 0.05) is 11.6 Å². The van der Waals surface area contributed by atoms with E-state index >= 15 is 0 Å². The van der Waals surface area contributed by atoms with E-state index in [0.717, 1.165) is 16.7 Å². The molecule has 1 aromatic carbocycles. The molecule has 0 N–H and O–H groups in total. The van der Waals surface area contributed by atoms with Gasteiger partial charge in [0.15, 0.2) is 6.61 Å². The van der Waals surface area contributed by atoms with Crippen LogP contribution >= 0.6 is 0 Å². The number of nitrogens with zero attached hydrogens (tertiary/aromatic N) is 2. The fraction of sp³-hybridized carbons (Fsp3) is 0.167. The van der Waals surface area contributed by atoms with Crippen molar-refractivity contribution in [3.05, 3.63) is 30.5 Å². The molecule has 2 aromatic rings. The number of rotatable bonds is 3. The van der Waals surface area contributed by atoms with Gasteiger partial charge in [-0.25, -0.2) is 0 Å². The fourth-order valence-electron chi connectivity index (χ4n) is 1.46. The van der Waals surface area contributed by atoms with Crippen LogP contribution in [0.4, 0.5) is 0 Å². The van der Waals surface area contributed by atoms with Crippen LogP contribution in [0.25, 0.3) is 10.9 Å². The largest absolute Gasteiger partial charge is 0.497 e. The Labute approximate surface area is 93.0 Å². The molecule has 1 aromatic heterocycles. The summed E-state index contributed by atoms with van der Waals surface area (Å²) >= 11 is 0. The standard InChI is InChI=1S/C12H10N2O2/c1-15-9-2-3-11-10(8-9)12(4-6-14-11)16-7-5-13/h2-4,6,8H,7H2,1H3. The summed E-state index contributed by atoms with van der Waals surface area (Å²) in [6, 6.07) is 9.20. The Balaban J connectivity index is 2.51. The van der Waals surface area contributed by atoms with Crippen LogP contribution in [0.2, 0.25) is 0 Å². The average molecular weight is 214 g/mol. The average Bonchev–Trinajstić information content (AvgIpc) is 2.35. The summed E-state index contributed by atoms with van der Waals surface area (Å²) in [6.07, 6.45) is 1.65. The Bertz CT molecular complexity index is 546. The van der Waals surface area contributed by atoms with Crippen LogP contribution in [0.15, 0.2) is 30.5 Å². The number of benzene rings is 1. The van der Waals surface area contributed by atoms with Gasteiger partial charge in [-0.2, -0.15) is 5.26 Å². The van der Waals surface area contributed by atoms with Crippen LogP contribution in [0.3, 0.4) is 0 Å². The second-order valence-electron chi connectivity index (χ2n) is 3.14. The van der Waals surface area contributed by atoms with Gasteiger partial charge in [-0.1, -0.05) is 0 Å². The summed E-state index contributed by atoms with van der Waals surface area (Å²) in [7, 11) is 1.60. The van der Waals surface area contributed by atoms with Crippen molar-refractivity contribution < 1.29 is 9.47 Å². The minimum Gasteiger partial charge on any atom is -0.497 e. The second kappa shape index (κ2) is 4.49. The minimum atomic E-state index is 0.0241. The van der Waals surface area contributed by atoms with E-state index in [9.17, 15) is 0 Å². The SMILES string of the molecule is COc1ccc2nccc(OCC#N)c2c1. The quantitative estimate of drug-likeness (QED) is 0.785. The molecule has 16 heavy (non-hydrogen) atoms. The van der Waals surface area contributed by atoms with E-state index < -0.39 is 0 Å². The Hall–Kier alpha value is -2.28. The van der Waals surface area contributed by atoms with Crippen molar-refractivity contribution in [2.45, 2.75) is 0 Å². The molecule has 0 fully saturated rings. The first-order valence-corrected chi connectivity index (χ1v) is 4.77. The van der Waals surface area contributed by atoms with E-state index in [0.29, 0.717) is 5.75 Å². The molecular weight excluding hydrogens is 204 g/mol. The number of methoxy groups -OCH3 is 1. The van der Waals surface area contributed by atoms with Gasteiger partial charge < -0.3 is 9.47 Å².